The first kappa shape index (κ1) is 19.9. The van der Waals surface area contributed by atoms with Crippen LogP contribution in [0.1, 0.15) is 27.7 Å². The zero-order valence-corrected chi connectivity index (χ0v) is 14.6. The van der Waals surface area contributed by atoms with Crippen LogP contribution in [0.5, 0.6) is 0 Å². The summed E-state index contributed by atoms with van der Waals surface area (Å²) >= 11 is 0.900. The molecule has 0 saturated carbocycles. The molecule has 1 rings (SSSR count). The maximum atomic E-state index is 10.5. The zero-order chi connectivity index (χ0) is 17.1. The molecular formula is C14H16N4O3Tc+. The van der Waals surface area contributed by atoms with Crippen LogP contribution in [0.2, 0.25) is 0 Å². The molecule has 0 saturated heterocycles. The zero-order valence-electron chi connectivity index (χ0n) is 12.7. The third-order valence-electron chi connectivity index (χ3n) is 2.78. The van der Waals surface area contributed by atoms with Crippen LogP contribution in [0.25, 0.3) is 0 Å². The predicted octanol–water partition coefficient (Wildman–Crippen LogP) is 3.67. The van der Waals surface area contributed by atoms with Gasteiger partial charge in [0, 0.05) is 11.4 Å². The van der Waals surface area contributed by atoms with E-state index in [1.807, 2.05) is 12.1 Å². The van der Waals surface area contributed by atoms with Gasteiger partial charge in [0.1, 0.15) is 0 Å². The van der Waals surface area contributed by atoms with E-state index in [9.17, 15) is 10.4 Å². The summed E-state index contributed by atoms with van der Waals surface area (Å²) in [6.07, 6.45) is 0. The van der Waals surface area contributed by atoms with Crippen LogP contribution in [-0.4, -0.2) is 22.8 Å². The van der Waals surface area contributed by atoms with E-state index in [0.717, 1.165) is 18.9 Å². The molecule has 1 aromatic rings. The monoisotopic (exact) mass is 387 g/mol. The molecular weight excluding hydrogens is 371 g/mol. The summed E-state index contributed by atoms with van der Waals surface area (Å²) in [5, 5.41) is 26.7. The van der Waals surface area contributed by atoms with Crippen LogP contribution >= 0.6 is 0 Å². The summed E-state index contributed by atoms with van der Waals surface area (Å²) in [5.41, 5.74) is 2.89. The quantitative estimate of drug-likeness (QED) is 0.580. The van der Waals surface area contributed by atoms with Crippen LogP contribution in [0.3, 0.4) is 0 Å². The molecule has 0 amide bonds. The van der Waals surface area contributed by atoms with Crippen LogP contribution in [0.4, 0.5) is 11.4 Å². The fourth-order valence-corrected chi connectivity index (χ4v) is 1.31. The second kappa shape index (κ2) is 10.6. The van der Waals surface area contributed by atoms with E-state index in [1.54, 1.807) is 39.8 Å². The third kappa shape index (κ3) is 6.15. The van der Waals surface area contributed by atoms with Crippen molar-refractivity contribution in [1.82, 2.24) is 0 Å². The predicted molar refractivity (Wildman–Crippen MR) is 85.6 cm³/mol. The van der Waals surface area contributed by atoms with Crippen molar-refractivity contribution in [3.63, 3.8) is 0 Å². The molecule has 0 fully saturated rings. The second-order valence-corrected chi connectivity index (χ2v) is 4.24. The molecule has 1 aromatic carbocycles. The number of benzene rings is 1. The third-order valence-corrected chi connectivity index (χ3v) is 2.78. The molecule has 0 spiro atoms. The van der Waals surface area contributed by atoms with Crippen molar-refractivity contribution in [2.45, 2.75) is 27.7 Å². The van der Waals surface area contributed by atoms with E-state index in [2.05, 4.69) is 20.3 Å². The van der Waals surface area contributed by atoms with Crippen LogP contribution in [0.15, 0.2) is 44.6 Å². The summed E-state index contributed by atoms with van der Waals surface area (Å²) in [6.45, 7) is 6.59. The molecule has 0 aromatic heterocycles. The molecule has 0 aliphatic rings. The van der Waals surface area contributed by atoms with Crippen molar-refractivity contribution in [1.29, 1.82) is 0 Å². The van der Waals surface area contributed by atoms with Gasteiger partial charge in [0.15, 0.2) is 0 Å². The first-order valence-electron chi connectivity index (χ1n) is 6.19. The van der Waals surface area contributed by atoms with E-state index in [-0.39, 0.29) is 0 Å². The number of nitrogens with zero attached hydrogens (tertiary/aromatic N) is 4. The molecule has 7 nitrogen and oxygen atoms in total. The summed E-state index contributed by atoms with van der Waals surface area (Å²) in [6, 6.07) is 7.19. The van der Waals surface area contributed by atoms with E-state index >= 15 is 0 Å². The minimum atomic E-state index is 0.317. The average Bonchev–Trinajstić information content (AvgIpc) is 2.56. The van der Waals surface area contributed by atoms with Crippen molar-refractivity contribution < 1.29 is 22.4 Å². The van der Waals surface area contributed by atoms with Gasteiger partial charge in [-0.2, -0.15) is 0 Å². The fourth-order valence-electron chi connectivity index (χ4n) is 1.31. The molecule has 0 heterocycles. The van der Waals surface area contributed by atoms with E-state index in [0.29, 0.717) is 34.2 Å². The maximum absolute atomic E-state index is 10.5. The van der Waals surface area contributed by atoms with Crippen molar-refractivity contribution in [2.75, 3.05) is 0 Å². The Morgan fingerprint density at radius 2 is 1.09 bits per heavy atom. The van der Waals surface area contributed by atoms with Gasteiger partial charge in [0.2, 0.25) is 0 Å². The van der Waals surface area contributed by atoms with E-state index in [4.69, 9.17) is 3.50 Å². The Balaban J connectivity index is 0.00000211. The van der Waals surface area contributed by atoms with Crippen LogP contribution in [-0.2, 0) is 22.4 Å². The topological polar surface area (TPSA) is 113 Å². The van der Waals surface area contributed by atoms with Crippen LogP contribution < -0.4 is 0 Å². The molecule has 0 N–H and O–H groups in total. The standard InChI is InChI=1S/C14H18N4O2.O.Tc/c1-9(11(3)17-19)15-13-7-5-6-8-14(13)16-10(2)12(4)18-20;;/h5-8,19-20H,1-4H3;;/q;;+3/p-2/b15-9?,16-10?,17-11+,18-12+;;/i;;1+1. The Morgan fingerprint density at radius 3 is 1.36 bits per heavy atom. The van der Waals surface area contributed by atoms with E-state index < -0.39 is 0 Å². The molecule has 8 heteroatoms. The summed E-state index contributed by atoms with van der Waals surface area (Å²) < 4.78 is 8.22. The van der Waals surface area contributed by atoms with Crippen molar-refractivity contribution in [3.05, 3.63) is 34.7 Å². The van der Waals surface area contributed by atoms with Gasteiger partial charge in [-0.3, -0.25) is 0 Å². The Hall–Kier alpha value is -2.05. The molecule has 0 radical (unpaired) electrons. The first-order chi connectivity index (χ1) is 10.5. The van der Waals surface area contributed by atoms with Gasteiger partial charge in [0.25, 0.3) is 0 Å². The summed E-state index contributed by atoms with van der Waals surface area (Å²) in [7, 11) is 0. The first-order valence-corrected chi connectivity index (χ1v) is 6.95. The van der Waals surface area contributed by atoms with Gasteiger partial charge in [0.05, 0.1) is 22.8 Å². The SMILES string of the molecule is CC(=Nc1ccccc1N=C(C)/C(C)=N/[O-])/C(C)=N/[O-].[O]=[99Tc+3]. The number of hydrogen-bond acceptors (Lipinski definition) is 7. The molecule has 116 valence electrons. The van der Waals surface area contributed by atoms with Gasteiger partial charge >= 0.3 is 22.4 Å². The van der Waals surface area contributed by atoms with Gasteiger partial charge in [-0.05, 0) is 39.8 Å². The molecule has 0 unspecified atom stereocenters. The molecule has 0 bridgehead atoms. The Bertz CT molecular complexity index is 571. The summed E-state index contributed by atoms with van der Waals surface area (Å²) in [5.74, 6) is 0. The number of aliphatic imine (C=N–C) groups is 2. The average molecular weight is 387 g/mol. The molecule has 0 atom stereocenters. The number of para-hydroxylation sites is 2. The second-order valence-electron chi connectivity index (χ2n) is 4.24. The Labute approximate surface area is 139 Å². The number of rotatable bonds is 4. The number of hydrogen-bond donors (Lipinski definition) is 0. The van der Waals surface area contributed by atoms with Gasteiger partial charge < -0.3 is 20.7 Å². The fraction of sp³-hybridized carbons (Fsp3) is 0.286. The minimum absolute atomic E-state index is 0.317. The van der Waals surface area contributed by atoms with E-state index in [1.165, 1.54) is 0 Å². The van der Waals surface area contributed by atoms with Crippen LogP contribution in [0, 0.1) is 10.4 Å². The normalized spacial score (nSPS) is 13.4. The Kier molecular flexibility index (Phi) is 9.65. The van der Waals surface area contributed by atoms with Crippen molar-refractivity contribution in [2.24, 2.45) is 20.3 Å². The van der Waals surface area contributed by atoms with Crippen molar-refractivity contribution in [3.8, 4) is 0 Å². The molecule has 0 aliphatic carbocycles. The Morgan fingerprint density at radius 1 is 0.773 bits per heavy atom. The van der Waals surface area contributed by atoms with Gasteiger partial charge in [-0.1, -0.05) is 12.1 Å². The van der Waals surface area contributed by atoms with Gasteiger partial charge in [-0.25, -0.2) is 9.98 Å². The summed E-state index contributed by atoms with van der Waals surface area (Å²) in [4.78, 5) is 8.66. The molecule has 22 heavy (non-hydrogen) atoms. The van der Waals surface area contributed by atoms with Gasteiger partial charge in [-0.15, -0.1) is 0 Å². The molecule has 0 aliphatic heterocycles. The van der Waals surface area contributed by atoms with Crippen molar-refractivity contribution >= 4 is 34.2 Å².